The largest absolute Gasteiger partial charge is 0.508 e. The van der Waals surface area contributed by atoms with E-state index in [4.69, 9.17) is 0 Å². The fourth-order valence-electron chi connectivity index (χ4n) is 1.90. The second-order valence-electron chi connectivity index (χ2n) is 4.71. The highest BCUT2D eigenvalue weighted by atomic mass is 16.3. The molecule has 0 fully saturated rings. The predicted octanol–water partition coefficient (Wildman–Crippen LogP) is 1.69. The highest BCUT2D eigenvalue weighted by molar-refractivity contribution is 5.97. The number of carbonyl (C=O) groups is 2. The smallest absolute Gasteiger partial charge is 0.252 e. The van der Waals surface area contributed by atoms with Crippen LogP contribution >= 0.6 is 0 Å². The number of phenols is 1. The van der Waals surface area contributed by atoms with Gasteiger partial charge in [-0.3, -0.25) is 9.59 Å². The van der Waals surface area contributed by atoms with Crippen molar-refractivity contribution < 1.29 is 14.7 Å². The lowest BCUT2D eigenvalue weighted by molar-refractivity contribution is -0.132. The number of rotatable bonds is 5. The van der Waals surface area contributed by atoms with Gasteiger partial charge in [-0.2, -0.15) is 0 Å². The molecule has 2 N–H and O–H groups in total. The third kappa shape index (κ3) is 3.73. The fourth-order valence-corrected chi connectivity index (χ4v) is 1.90. The van der Waals surface area contributed by atoms with Crippen molar-refractivity contribution in [1.82, 2.24) is 10.2 Å². The van der Waals surface area contributed by atoms with Crippen LogP contribution in [-0.2, 0) is 4.79 Å². The number of phenolic OH excluding ortho intramolecular Hbond substituents is 1. The zero-order valence-corrected chi connectivity index (χ0v) is 12.4. The Hall–Kier alpha value is -2.04. The molecule has 5 nitrogen and oxygen atoms in total. The highest BCUT2D eigenvalue weighted by Gasteiger charge is 2.20. The van der Waals surface area contributed by atoms with E-state index in [0.29, 0.717) is 24.2 Å². The standard InChI is InChI=1S/C15H22N2O3/c1-5-17(6-2)15(20)11(4)16-14(19)12-8-7-10(3)13(18)9-12/h7-9,11,18H,5-6H2,1-4H3,(H,16,19). The van der Waals surface area contributed by atoms with Crippen molar-refractivity contribution in [3.63, 3.8) is 0 Å². The van der Waals surface area contributed by atoms with Crippen LogP contribution < -0.4 is 5.32 Å². The molecule has 1 aromatic carbocycles. The number of carbonyl (C=O) groups excluding carboxylic acids is 2. The quantitative estimate of drug-likeness (QED) is 0.861. The lowest BCUT2D eigenvalue weighted by atomic mass is 10.1. The summed E-state index contributed by atoms with van der Waals surface area (Å²) in [6.07, 6.45) is 0. The average molecular weight is 278 g/mol. The van der Waals surface area contributed by atoms with Crippen LogP contribution in [0.2, 0.25) is 0 Å². The number of aromatic hydroxyl groups is 1. The van der Waals surface area contributed by atoms with Crippen molar-refractivity contribution in [3.05, 3.63) is 29.3 Å². The van der Waals surface area contributed by atoms with Gasteiger partial charge in [-0.15, -0.1) is 0 Å². The van der Waals surface area contributed by atoms with Crippen LogP contribution in [0.5, 0.6) is 5.75 Å². The zero-order valence-electron chi connectivity index (χ0n) is 12.4. The maximum Gasteiger partial charge on any atom is 0.252 e. The second-order valence-corrected chi connectivity index (χ2v) is 4.71. The third-order valence-corrected chi connectivity index (χ3v) is 3.26. The molecule has 0 radical (unpaired) electrons. The van der Waals surface area contributed by atoms with Gasteiger partial charge < -0.3 is 15.3 Å². The van der Waals surface area contributed by atoms with Gasteiger partial charge in [0.15, 0.2) is 0 Å². The van der Waals surface area contributed by atoms with Crippen LogP contribution in [0.1, 0.15) is 36.7 Å². The van der Waals surface area contributed by atoms with Crippen LogP contribution in [0, 0.1) is 6.92 Å². The summed E-state index contributed by atoms with van der Waals surface area (Å²) < 4.78 is 0. The van der Waals surface area contributed by atoms with E-state index in [-0.39, 0.29) is 17.6 Å². The predicted molar refractivity (Wildman–Crippen MR) is 77.7 cm³/mol. The van der Waals surface area contributed by atoms with Crippen molar-refractivity contribution in [2.24, 2.45) is 0 Å². The van der Waals surface area contributed by atoms with E-state index in [2.05, 4.69) is 5.32 Å². The Morgan fingerprint density at radius 1 is 1.30 bits per heavy atom. The zero-order chi connectivity index (χ0) is 15.3. The summed E-state index contributed by atoms with van der Waals surface area (Å²) >= 11 is 0. The Bertz CT molecular complexity index is 496. The number of nitrogens with one attached hydrogen (secondary N) is 1. The fraction of sp³-hybridized carbons (Fsp3) is 0.467. The minimum absolute atomic E-state index is 0.0698. The first-order valence-electron chi connectivity index (χ1n) is 6.79. The topological polar surface area (TPSA) is 69.6 Å². The monoisotopic (exact) mass is 278 g/mol. The maximum atomic E-state index is 12.1. The Labute approximate surface area is 119 Å². The van der Waals surface area contributed by atoms with E-state index in [9.17, 15) is 14.7 Å². The molecular weight excluding hydrogens is 256 g/mol. The minimum Gasteiger partial charge on any atom is -0.508 e. The molecule has 0 aliphatic heterocycles. The average Bonchev–Trinajstić information content (AvgIpc) is 2.42. The molecule has 20 heavy (non-hydrogen) atoms. The van der Waals surface area contributed by atoms with Gasteiger partial charge in [0.2, 0.25) is 5.91 Å². The Morgan fingerprint density at radius 2 is 1.90 bits per heavy atom. The van der Waals surface area contributed by atoms with Gasteiger partial charge in [0.1, 0.15) is 11.8 Å². The molecule has 1 aromatic rings. The number of nitrogens with zero attached hydrogens (tertiary/aromatic N) is 1. The Balaban J connectivity index is 2.74. The molecule has 0 saturated heterocycles. The first-order chi connectivity index (χ1) is 9.40. The number of benzene rings is 1. The number of aryl methyl sites for hydroxylation is 1. The summed E-state index contributed by atoms with van der Waals surface area (Å²) in [4.78, 5) is 25.7. The van der Waals surface area contributed by atoms with E-state index in [0.717, 1.165) is 0 Å². The van der Waals surface area contributed by atoms with Crippen molar-refractivity contribution >= 4 is 11.8 Å². The van der Waals surface area contributed by atoms with Gasteiger partial charge in [-0.1, -0.05) is 6.07 Å². The van der Waals surface area contributed by atoms with E-state index in [1.54, 1.807) is 30.9 Å². The molecular formula is C15H22N2O3. The normalized spacial score (nSPS) is 11.8. The van der Waals surface area contributed by atoms with Crippen molar-refractivity contribution in [2.75, 3.05) is 13.1 Å². The molecule has 0 heterocycles. The van der Waals surface area contributed by atoms with E-state index in [1.165, 1.54) is 6.07 Å². The first-order valence-corrected chi connectivity index (χ1v) is 6.79. The molecule has 110 valence electrons. The summed E-state index contributed by atoms with van der Waals surface area (Å²) in [6, 6.07) is 4.10. The van der Waals surface area contributed by atoms with E-state index >= 15 is 0 Å². The molecule has 1 atom stereocenters. The van der Waals surface area contributed by atoms with E-state index in [1.807, 2.05) is 13.8 Å². The number of hydrogen-bond acceptors (Lipinski definition) is 3. The van der Waals surface area contributed by atoms with Gasteiger partial charge in [0, 0.05) is 18.7 Å². The van der Waals surface area contributed by atoms with Gasteiger partial charge in [0.25, 0.3) is 5.91 Å². The summed E-state index contributed by atoms with van der Waals surface area (Å²) in [6.45, 7) is 8.43. The van der Waals surface area contributed by atoms with Gasteiger partial charge >= 0.3 is 0 Å². The molecule has 0 aromatic heterocycles. The molecule has 1 rings (SSSR count). The molecule has 5 heteroatoms. The summed E-state index contributed by atoms with van der Waals surface area (Å²) in [5, 5.41) is 12.3. The maximum absolute atomic E-state index is 12.1. The van der Waals surface area contributed by atoms with Crippen LogP contribution in [0.25, 0.3) is 0 Å². The third-order valence-electron chi connectivity index (χ3n) is 3.26. The molecule has 2 amide bonds. The number of likely N-dealkylation sites (N-methyl/N-ethyl adjacent to an activating group) is 1. The molecule has 0 bridgehead atoms. The Kier molecular flexibility index (Phi) is 5.55. The molecule has 0 spiro atoms. The minimum atomic E-state index is -0.592. The van der Waals surface area contributed by atoms with Crippen molar-refractivity contribution in [1.29, 1.82) is 0 Å². The van der Waals surface area contributed by atoms with Gasteiger partial charge in [-0.25, -0.2) is 0 Å². The van der Waals surface area contributed by atoms with Gasteiger partial charge in [0.05, 0.1) is 0 Å². The Morgan fingerprint density at radius 3 is 2.40 bits per heavy atom. The number of hydrogen-bond donors (Lipinski definition) is 2. The highest BCUT2D eigenvalue weighted by Crippen LogP contribution is 2.17. The molecule has 0 aliphatic rings. The lowest BCUT2D eigenvalue weighted by Gasteiger charge is -2.23. The summed E-state index contributed by atoms with van der Waals surface area (Å²) in [5.74, 6) is -0.409. The molecule has 1 unspecified atom stereocenters. The van der Waals surface area contributed by atoms with Crippen LogP contribution in [0.3, 0.4) is 0 Å². The van der Waals surface area contributed by atoms with E-state index < -0.39 is 6.04 Å². The SMILES string of the molecule is CCN(CC)C(=O)C(C)NC(=O)c1ccc(C)c(O)c1. The van der Waals surface area contributed by atoms with Gasteiger partial charge in [-0.05, 0) is 45.4 Å². The van der Waals surface area contributed by atoms with Crippen LogP contribution in [0.4, 0.5) is 0 Å². The lowest BCUT2D eigenvalue weighted by Crippen LogP contribution is -2.46. The summed E-state index contributed by atoms with van der Waals surface area (Å²) in [7, 11) is 0. The van der Waals surface area contributed by atoms with Crippen LogP contribution in [-0.4, -0.2) is 41.0 Å². The number of amides is 2. The molecule has 0 aliphatic carbocycles. The van der Waals surface area contributed by atoms with Crippen LogP contribution in [0.15, 0.2) is 18.2 Å². The van der Waals surface area contributed by atoms with Crippen molar-refractivity contribution in [3.8, 4) is 5.75 Å². The molecule has 0 saturated carbocycles. The van der Waals surface area contributed by atoms with Crippen molar-refractivity contribution in [2.45, 2.75) is 33.7 Å². The summed E-state index contributed by atoms with van der Waals surface area (Å²) in [5.41, 5.74) is 1.04. The second kappa shape index (κ2) is 6.93. The first kappa shape index (κ1) is 16.0.